The van der Waals surface area contributed by atoms with Gasteiger partial charge in [-0.25, -0.2) is 0 Å². The Bertz CT molecular complexity index is 1140. The molecule has 154 valence electrons. The SMILES string of the molecule is Cn1ccc(NC(=O)CN2C[C@@H]3C[C@H](C2)c2cc(-c4ccccn4)cc(=O)n2C3)n1. The summed E-state index contributed by atoms with van der Waals surface area (Å²) in [6.07, 6.45) is 4.59. The summed E-state index contributed by atoms with van der Waals surface area (Å²) in [7, 11) is 1.82. The first-order chi connectivity index (χ1) is 14.5. The molecule has 2 aliphatic heterocycles. The molecule has 0 saturated carbocycles. The number of aromatic nitrogens is 4. The number of nitrogens with one attached hydrogen (secondary N) is 1. The Morgan fingerprint density at radius 3 is 2.87 bits per heavy atom. The zero-order valence-electron chi connectivity index (χ0n) is 16.9. The van der Waals surface area contributed by atoms with Crippen LogP contribution in [0, 0.1) is 5.92 Å². The smallest absolute Gasteiger partial charge is 0.251 e. The minimum atomic E-state index is -0.0618. The van der Waals surface area contributed by atoms with Crippen LogP contribution in [-0.2, 0) is 18.4 Å². The molecule has 1 amide bonds. The molecule has 2 atom stereocenters. The third-order valence-corrected chi connectivity index (χ3v) is 5.94. The third-order valence-electron chi connectivity index (χ3n) is 5.94. The van der Waals surface area contributed by atoms with Gasteiger partial charge in [0.15, 0.2) is 5.82 Å². The maximum atomic E-state index is 12.8. The van der Waals surface area contributed by atoms with Crippen molar-refractivity contribution in [2.75, 3.05) is 25.0 Å². The molecule has 3 aromatic heterocycles. The van der Waals surface area contributed by atoms with Crippen molar-refractivity contribution in [1.29, 1.82) is 0 Å². The molecule has 8 nitrogen and oxygen atoms in total. The lowest BCUT2D eigenvalue weighted by Gasteiger charge is -2.42. The highest BCUT2D eigenvalue weighted by atomic mass is 16.2. The summed E-state index contributed by atoms with van der Waals surface area (Å²) in [6, 6.07) is 11.3. The van der Waals surface area contributed by atoms with Crippen molar-refractivity contribution in [2.45, 2.75) is 18.9 Å². The van der Waals surface area contributed by atoms with E-state index in [1.165, 1.54) is 0 Å². The minimum Gasteiger partial charge on any atom is -0.312 e. The number of anilines is 1. The molecule has 5 heterocycles. The van der Waals surface area contributed by atoms with Gasteiger partial charge >= 0.3 is 0 Å². The molecule has 8 heteroatoms. The summed E-state index contributed by atoms with van der Waals surface area (Å²) < 4.78 is 3.57. The molecule has 30 heavy (non-hydrogen) atoms. The number of hydrogen-bond donors (Lipinski definition) is 1. The molecule has 5 rings (SSSR count). The number of hydrogen-bond acceptors (Lipinski definition) is 5. The Morgan fingerprint density at radius 1 is 1.20 bits per heavy atom. The number of piperidine rings is 1. The number of rotatable bonds is 4. The Kier molecular flexibility index (Phi) is 4.71. The van der Waals surface area contributed by atoms with Crippen LogP contribution in [0.15, 0.2) is 53.6 Å². The third kappa shape index (κ3) is 3.66. The van der Waals surface area contributed by atoms with Crippen LogP contribution in [-0.4, -0.2) is 49.8 Å². The van der Waals surface area contributed by atoms with Gasteiger partial charge in [0.25, 0.3) is 5.56 Å². The van der Waals surface area contributed by atoms with Gasteiger partial charge in [-0.1, -0.05) is 6.07 Å². The molecule has 2 aliphatic rings. The lowest BCUT2D eigenvalue weighted by atomic mass is 9.82. The second-order valence-electron chi connectivity index (χ2n) is 8.25. The van der Waals surface area contributed by atoms with Crippen molar-refractivity contribution in [3.05, 3.63) is 64.8 Å². The fourth-order valence-corrected chi connectivity index (χ4v) is 4.74. The van der Waals surface area contributed by atoms with E-state index in [9.17, 15) is 9.59 Å². The number of nitrogens with zero attached hydrogens (tertiary/aromatic N) is 5. The number of aryl methyl sites for hydroxylation is 1. The standard InChI is InChI=1S/C22H24N6O2/c1-26-7-5-20(25-26)24-21(29)14-27-11-15-8-17(13-27)19-9-16(10-22(30)28(19)12-15)18-4-2-3-6-23-18/h2-7,9-10,15,17H,8,11-14H2,1H3,(H,24,25,29)/t15-,17+/m0/s1. The summed E-state index contributed by atoms with van der Waals surface area (Å²) >= 11 is 0. The summed E-state index contributed by atoms with van der Waals surface area (Å²) in [6.45, 7) is 2.61. The Morgan fingerprint density at radius 2 is 2.10 bits per heavy atom. The van der Waals surface area contributed by atoms with Crippen LogP contribution >= 0.6 is 0 Å². The average Bonchev–Trinajstić information content (AvgIpc) is 3.13. The van der Waals surface area contributed by atoms with Crippen molar-refractivity contribution < 1.29 is 4.79 Å². The molecular formula is C22H24N6O2. The van der Waals surface area contributed by atoms with E-state index in [1.54, 1.807) is 29.2 Å². The molecule has 3 aromatic rings. The van der Waals surface area contributed by atoms with E-state index in [0.717, 1.165) is 36.5 Å². The molecule has 0 aliphatic carbocycles. The number of likely N-dealkylation sites (tertiary alicyclic amines) is 1. The molecule has 0 radical (unpaired) electrons. The number of fused-ring (bicyclic) bond motifs is 4. The first kappa shape index (κ1) is 18.7. The van der Waals surface area contributed by atoms with Gasteiger partial charge in [-0.05, 0) is 30.5 Å². The van der Waals surface area contributed by atoms with Crippen molar-refractivity contribution in [3.8, 4) is 11.3 Å². The maximum absolute atomic E-state index is 12.8. The van der Waals surface area contributed by atoms with Gasteiger partial charge in [-0.2, -0.15) is 5.10 Å². The van der Waals surface area contributed by atoms with Gasteiger partial charge in [0.2, 0.25) is 5.91 Å². The molecule has 1 fully saturated rings. The minimum absolute atomic E-state index is 0.0317. The van der Waals surface area contributed by atoms with E-state index in [-0.39, 0.29) is 17.4 Å². The van der Waals surface area contributed by atoms with Crippen LogP contribution in [0.3, 0.4) is 0 Å². The largest absolute Gasteiger partial charge is 0.312 e. The summed E-state index contributed by atoms with van der Waals surface area (Å²) in [4.78, 5) is 31.9. The van der Waals surface area contributed by atoms with Gasteiger partial charge in [-0.3, -0.25) is 24.2 Å². The fraction of sp³-hybridized carbons (Fsp3) is 0.364. The number of amides is 1. The quantitative estimate of drug-likeness (QED) is 0.716. The molecule has 0 spiro atoms. The first-order valence-electron chi connectivity index (χ1n) is 10.2. The van der Waals surface area contributed by atoms with Crippen LogP contribution in [0.1, 0.15) is 18.0 Å². The van der Waals surface area contributed by atoms with Crippen LogP contribution in [0.2, 0.25) is 0 Å². The van der Waals surface area contributed by atoms with Crippen molar-refractivity contribution >= 4 is 11.7 Å². The zero-order valence-corrected chi connectivity index (χ0v) is 16.9. The summed E-state index contributed by atoms with van der Waals surface area (Å²) in [5, 5.41) is 7.06. The van der Waals surface area contributed by atoms with Gasteiger partial charge in [0, 0.05) is 68.4 Å². The predicted molar refractivity (Wildman–Crippen MR) is 113 cm³/mol. The van der Waals surface area contributed by atoms with E-state index >= 15 is 0 Å². The zero-order chi connectivity index (χ0) is 20.7. The van der Waals surface area contributed by atoms with Crippen LogP contribution in [0.25, 0.3) is 11.3 Å². The van der Waals surface area contributed by atoms with E-state index in [1.807, 2.05) is 29.8 Å². The lowest BCUT2D eigenvalue weighted by Crippen LogP contribution is -2.49. The Hall–Kier alpha value is -3.26. The lowest BCUT2D eigenvalue weighted by molar-refractivity contribution is -0.118. The van der Waals surface area contributed by atoms with Gasteiger partial charge in [0.05, 0.1) is 12.2 Å². The second-order valence-corrected chi connectivity index (χ2v) is 8.25. The van der Waals surface area contributed by atoms with E-state index < -0.39 is 0 Å². The molecule has 0 aromatic carbocycles. The highest BCUT2D eigenvalue weighted by Gasteiger charge is 2.35. The molecule has 1 N–H and O–H groups in total. The fourth-order valence-electron chi connectivity index (χ4n) is 4.74. The van der Waals surface area contributed by atoms with Gasteiger partial charge in [-0.15, -0.1) is 0 Å². The monoisotopic (exact) mass is 404 g/mol. The summed E-state index contributed by atoms with van der Waals surface area (Å²) in [5.74, 6) is 1.11. The van der Waals surface area contributed by atoms with Crippen molar-refractivity contribution in [1.82, 2.24) is 24.2 Å². The topological polar surface area (TPSA) is 85.0 Å². The second kappa shape index (κ2) is 7.53. The number of pyridine rings is 2. The van der Waals surface area contributed by atoms with Crippen molar-refractivity contribution in [2.24, 2.45) is 13.0 Å². The average molecular weight is 404 g/mol. The maximum Gasteiger partial charge on any atom is 0.251 e. The van der Waals surface area contributed by atoms with Crippen LogP contribution < -0.4 is 10.9 Å². The van der Waals surface area contributed by atoms with Gasteiger partial charge in [0.1, 0.15) is 0 Å². The first-order valence-corrected chi connectivity index (χ1v) is 10.2. The highest BCUT2D eigenvalue weighted by molar-refractivity contribution is 5.91. The molecule has 1 saturated heterocycles. The van der Waals surface area contributed by atoms with Gasteiger partial charge < -0.3 is 9.88 Å². The van der Waals surface area contributed by atoms with Crippen LogP contribution in [0.4, 0.5) is 5.82 Å². The molecular weight excluding hydrogens is 380 g/mol. The molecule has 2 bridgehead atoms. The van der Waals surface area contributed by atoms with E-state index in [4.69, 9.17) is 0 Å². The number of carbonyl (C=O) groups excluding carboxylic acids is 1. The Balaban J connectivity index is 1.35. The van der Waals surface area contributed by atoms with E-state index in [2.05, 4.69) is 26.4 Å². The predicted octanol–water partition coefficient (Wildman–Crippen LogP) is 1.70. The summed E-state index contributed by atoms with van der Waals surface area (Å²) in [5.41, 5.74) is 2.75. The number of carbonyl (C=O) groups is 1. The van der Waals surface area contributed by atoms with Crippen LogP contribution in [0.5, 0.6) is 0 Å². The molecule has 0 unspecified atom stereocenters. The van der Waals surface area contributed by atoms with Crippen molar-refractivity contribution in [3.63, 3.8) is 0 Å². The van der Waals surface area contributed by atoms with E-state index in [0.29, 0.717) is 24.8 Å². The highest BCUT2D eigenvalue weighted by Crippen LogP contribution is 2.36. The normalized spacial score (nSPS) is 20.6. The Labute approximate surface area is 174 Å².